The molecule has 0 aromatic carbocycles. The maximum Gasteiger partial charge on any atom is 0.320 e. The number of halogens is 1. The maximum atomic E-state index is 11.5. The lowest BCUT2D eigenvalue weighted by molar-refractivity contribution is -0.157. The molecule has 0 spiro atoms. The zero-order chi connectivity index (χ0) is 10.5. The van der Waals surface area contributed by atoms with Crippen LogP contribution in [0.2, 0.25) is 0 Å². The normalized spacial score (nSPS) is 14.8. The summed E-state index contributed by atoms with van der Waals surface area (Å²) in [6, 6.07) is 0. The monoisotopic (exact) mass is 298 g/mol. The highest BCUT2D eigenvalue weighted by Gasteiger charge is 2.39. The predicted molar refractivity (Wildman–Crippen MR) is 58.9 cm³/mol. The number of esters is 1. The van der Waals surface area contributed by atoms with Crippen molar-refractivity contribution in [2.45, 2.75) is 27.2 Å². The molecule has 0 radical (unpaired) electrons. The molecular weight excluding hydrogens is 283 g/mol. The summed E-state index contributed by atoms with van der Waals surface area (Å²) in [6.07, 6.45) is 0.373. The zero-order valence-corrected chi connectivity index (χ0v) is 10.4. The number of alkyl halides is 1. The highest BCUT2D eigenvalue weighted by molar-refractivity contribution is 14.1. The molecule has 3 nitrogen and oxygen atoms in total. The average molecular weight is 298 g/mol. The van der Waals surface area contributed by atoms with Gasteiger partial charge in [-0.1, -0.05) is 29.5 Å². The molecule has 4 heteroatoms. The molecule has 0 bridgehead atoms. The Hall–Kier alpha value is -0.130. The van der Waals surface area contributed by atoms with Crippen molar-refractivity contribution < 1.29 is 14.3 Å². The third-order valence-corrected chi connectivity index (χ3v) is 3.46. The molecule has 76 valence electrons. The molecule has 1 unspecified atom stereocenters. The van der Waals surface area contributed by atoms with Crippen molar-refractivity contribution in [1.29, 1.82) is 0 Å². The van der Waals surface area contributed by atoms with E-state index in [0.717, 1.165) is 0 Å². The largest absolute Gasteiger partial charge is 0.465 e. The molecule has 0 heterocycles. The summed E-state index contributed by atoms with van der Waals surface area (Å²) in [5.74, 6) is -0.461. The van der Waals surface area contributed by atoms with Gasteiger partial charge in [-0.15, -0.1) is 0 Å². The summed E-state index contributed by atoms with van der Waals surface area (Å²) < 4.78 is 5.32. The Balaban J connectivity index is 4.61. The molecule has 1 atom stereocenters. The summed E-state index contributed by atoms with van der Waals surface area (Å²) in [5, 5.41) is 0. The van der Waals surface area contributed by atoms with E-state index in [2.05, 4.69) is 0 Å². The van der Waals surface area contributed by atoms with Gasteiger partial charge in [-0.25, -0.2) is 0 Å². The first-order chi connectivity index (χ1) is 6.02. The van der Waals surface area contributed by atoms with E-state index < -0.39 is 11.4 Å². The van der Waals surface area contributed by atoms with Crippen LogP contribution in [0.1, 0.15) is 27.2 Å². The Morgan fingerprint density at radius 1 is 1.38 bits per heavy atom. The van der Waals surface area contributed by atoms with E-state index in [1.54, 1.807) is 20.8 Å². The molecule has 0 saturated carbocycles. The van der Waals surface area contributed by atoms with Crippen LogP contribution in [0.25, 0.3) is 0 Å². The SMILES string of the molecule is CCOC(=O)C(C)(CI)C(=O)CC. The van der Waals surface area contributed by atoms with Crippen molar-refractivity contribution in [2.75, 3.05) is 11.0 Å². The molecule has 0 aromatic heterocycles. The summed E-state index contributed by atoms with van der Waals surface area (Å²) in [4.78, 5) is 22.9. The minimum absolute atomic E-state index is 0.0552. The van der Waals surface area contributed by atoms with Crippen molar-refractivity contribution >= 4 is 34.3 Å². The lowest BCUT2D eigenvalue weighted by Crippen LogP contribution is -2.39. The first kappa shape index (κ1) is 12.9. The highest BCUT2D eigenvalue weighted by Crippen LogP contribution is 2.24. The molecule has 13 heavy (non-hydrogen) atoms. The van der Waals surface area contributed by atoms with Crippen LogP contribution in [0.4, 0.5) is 0 Å². The Bertz CT molecular complexity index is 203. The van der Waals surface area contributed by atoms with Gasteiger partial charge in [0, 0.05) is 10.8 Å². The number of ether oxygens (including phenoxy) is 1. The number of hydrogen-bond acceptors (Lipinski definition) is 3. The number of carbonyl (C=O) groups excluding carboxylic acids is 2. The van der Waals surface area contributed by atoms with Crippen LogP contribution >= 0.6 is 22.6 Å². The fourth-order valence-electron chi connectivity index (χ4n) is 0.923. The van der Waals surface area contributed by atoms with Gasteiger partial charge in [0.1, 0.15) is 11.2 Å². The third kappa shape index (κ3) is 2.93. The molecule has 0 fully saturated rings. The van der Waals surface area contributed by atoms with Crippen LogP contribution in [-0.2, 0) is 14.3 Å². The first-order valence-corrected chi connectivity index (χ1v) is 5.82. The van der Waals surface area contributed by atoms with Gasteiger partial charge in [0.2, 0.25) is 0 Å². The minimum atomic E-state index is -0.953. The summed E-state index contributed by atoms with van der Waals surface area (Å²) in [7, 11) is 0. The Morgan fingerprint density at radius 2 is 1.92 bits per heavy atom. The van der Waals surface area contributed by atoms with Crippen molar-refractivity contribution in [3.8, 4) is 0 Å². The van der Waals surface area contributed by atoms with E-state index in [9.17, 15) is 9.59 Å². The third-order valence-electron chi connectivity index (χ3n) is 1.93. The van der Waals surface area contributed by atoms with E-state index in [1.807, 2.05) is 22.6 Å². The Morgan fingerprint density at radius 3 is 2.23 bits per heavy atom. The zero-order valence-electron chi connectivity index (χ0n) is 8.22. The van der Waals surface area contributed by atoms with E-state index in [4.69, 9.17) is 4.74 Å². The molecule has 0 aromatic rings. The van der Waals surface area contributed by atoms with Crippen LogP contribution in [0.3, 0.4) is 0 Å². The minimum Gasteiger partial charge on any atom is -0.465 e. The quantitative estimate of drug-likeness (QED) is 0.337. The van der Waals surface area contributed by atoms with Gasteiger partial charge in [0.25, 0.3) is 0 Å². The maximum absolute atomic E-state index is 11.5. The van der Waals surface area contributed by atoms with Crippen molar-refractivity contribution in [1.82, 2.24) is 0 Å². The van der Waals surface area contributed by atoms with Crippen LogP contribution in [0, 0.1) is 5.41 Å². The molecule has 0 N–H and O–H groups in total. The van der Waals surface area contributed by atoms with Crippen LogP contribution in [0.15, 0.2) is 0 Å². The fourth-order valence-corrected chi connectivity index (χ4v) is 1.66. The second kappa shape index (κ2) is 5.57. The second-order valence-electron chi connectivity index (χ2n) is 2.96. The van der Waals surface area contributed by atoms with Crippen molar-refractivity contribution in [3.63, 3.8) is 0 Å². The Kier molecular flexibility index (Phi) is 5.51. The first-order valence-electron chi connectivity index (χ1n) is 4.29. The molecule has 0 saturated heterocycles. The van der Waals surface area contributed by atoms with Crippen LogP contribution in [0.5, 0.6) is 0 Å². The standard InChI is InChI=1S/C9H15IO3/c1-4-7(11)9(3,6-10)8(12)13-5-2/h4-6H2,1-3H3. The molecule has 0 aliphatic rings. The topological polar surface area (TPSA) is 43.4 Å². The number of carbonyl (C=O) groups is 2. The van der Waals surface area contributed by atoms with E-state index in [0.29, 0.717) is 17.5 Å². The van der Waals surface area contributed by atoms with Gasteiger partial charge in [-0.3, -0.25) is 9.59 Å². The van der Waals surface area contributed by atoms with Crippen LogP contribution < -0.4 is 0 Å². The Labute approximate surface area is 92.4 Å². The highest BCUT2D eigenvalue weighted by atomic mass is 127. The number of hydrogen-bond donors (Lipinski definition) is 0. The van der Waals surface area contributed by atoms with Gasteiger partial charge >= 0.3 is 5.97 Å². The summed E-state index contributed by atoms with van der Waals surface area (Å²) in [6.45, 7) is 5.46. The molecular formula is C9H15IO3. The smallest absolute Gasteiger partial charge is 0.320 e. The fraction of sp³-hybridized carbons (Fsp3) is 0.778. The summed E-state index contributed by atoms with van der Waals surface area (Å²) >= 11 is 2.04. The lowest BCUT2D eigenvalue weighted by Gasteiger charge is -2.22. The lowest BCUT2D eigenvalue weighted by atomic mass is 9.87. The van der Waals surface area contributed by atoms with E-state index in [-0.39, 0.29) is 5.78 Å². The van der Waals surface area contributed by atoms with E-state index in [1.165, 1.54) is 0 Å². The second-order valence-corrected chi connectivity index (χ2v) is 3.73. The average Bonchev–Trinajstić information content (AvgIpc) is 2.15. The summed E-state index contributed by atoms with van der Waals surface area (Å²) in [5.41, 5.74) is -0.953. The van der Waals surface area contributed by atoms with Gasteiger partial charge in [-0.2, -0.15) is 0 Å². The van der Waals surface area contributed by atoms with Gasteiger partial charge < -0.3 is 4.74 Å². The van der Waals surface area contributed by atoms with E-state index >= 15 is 0 Å². The van der Waals surface area contributed by atoms with Gasteiger partial charge in [0.05, 0.1) is 6.61 Å². The number of Topliss-reactive ketones (excluding diaryl/α,β-unsaturated/α-hetero) is 1. The molecule has 0 amide bonds. The number of ketones is 1. The van der Waals surface area contributed by atoms with Crippen LogP contribution in [-0.4, -0.2) is 22.8 Å². The van der Waals surface area contributed by atoms with Gasteiger partial charge in [-0.05, 0) is 13.8 Å². The molecule has 0 rings (SSSR count). The molecule has 0 aliphatic carbocycles. The van der Waals surface area contributed by atoms with Crippen molar-refractivity contribution in [2.24, 2.45) is 5.41 Å². The van der Waals surface area contributed by atoms with Crippen molar-refractivity contribution in [3.05, 3.63) is 0 Å². The predicted octanol–water partition coefficient (Wildman–Crippen LogP) is 1.97. The number of rotatable bonds is 5. The molecule has 0 aliphatic heterocycles. The van der Waals surface area contributed by atoms with Gasteiger partial charge in [0.15, 0.2) is 0 Å².